The predicted octanol–water partition coefficient (Wildman–Crippen LogP) is 3.52. The minimum atomic E-state index is -0.472. The van der Waals surface area contributed by atoms with Gasteiger partial charge in [0.15, 0.2) is 5.82 Å². The molecule has 0 atom stereocenters. The van der Waals surface area contributed by atoms with Crippen LogP contribution in [0.15, 0.2) is 79.3 Å². The molecule has 0 aliphatic rings. The summed E-state index contributed by atoms with van der Waals surface area (Å²) >= 11 is 0. The average molecular weight is 447 g/mol. The summed E-state index contributed by atoms with van der Waals surface area (Å²) in [6.45, 7) is -0.180. The first-order chi connectivity index (χ1) is 16.0. The number of halogens is 1. The van der Waals surface area contributed by atoms with Gasteiger partial charge in [-0.1, -0.05) is 12.1 Å². The molecule has 0 aliphatic carbocycles. The zero-order chi connectivity index (χ0) is 23.4. The number of carbonyl (C=O) groups excluding carboxylic acids is 2. The van der Waals surface area contributed by atoms with Crippen LogP contribution in [0, 0.1) is 5.82 Å². The van der Waals surface area contributed by atoms with Crippen LogP contribution in [0.3, 0.4) is 0 Å². The highest BCUT2D eigenvalue weighted by Crippen LogP contribution is 2.23. The SMILES string of the molecule is COc1ccc(NC(=O)CN(C)C(=O)c2cnn(-c3ccccc3F)c2-n2cccc2)cc1. The molecular formula is C24H22FN5O3. The van der Waals surface area contributed by atoms with Crippen molar-refractivity contribution in [2.45, 2.75) is 0 Å². The molecule has 4 aromatic rings. The second kappa shape index (κ2) is 9.39. The molecule has 0 bridgehead atoms. The van der Waals surface area contributed by atoms with Gasteiger partial charge in [-0.2, -0.15) is 5.10 Å². The van der Waals surface area contributed by atoms with Crippen LogP contribution in [0.25, 0.3) is 11.5 Å². The monoisotopic (exact) mass is 447 g/mol. The van der Waals surface area contributed by atoms with Gasteiger partial charge in [0.05, 0.1) is 19.9 Å². The summed E-state index contributed by atoms with van der Waals surface area (Å²) in [5, 5.41) is 7.01. The number of para-hydroxylation sites is 1. The van der Waals surface area contributed by atoms with Gasteiger partial charge in [-0.25, -0.2) is 9.07 Å². The average Bonchev–Trinajstić information content (AvgIpc) is 3.49. The maximum atomic E-state index is 14.5. The Hall–Kier alpha value is -4.40. The van der Waals surface area contributed by atoms with E-state index in [9.17, 15) is 14.0 Å². The summed E-state index contributed by atoms with van der Waals surface area (Å²) in [4.78, 5) is 27.0. The lowest BCUT2D eigenvalue weighted by Gasteiger charge is -2.18. The Morgan fingerprint density at radius 3 is 2.42 bits per heavy atom. The van der Waals surface area contributed by atoms with Gasteiger partial charge in [0.2, 0.25) is 5.91 Å². The zero-order valence-electron chi connectivity index (χ0n) is 18.1. The number of hydrogen-bond donors (Lipinski definition) is 1. The molecule has 0 aliphatic heterocycles. The Labute approximate surface area is 189 Å². The maximum Gasteiger partial charge on any atom is 0.259 e. The standard InChI is InChI=1S/C24H22FN5O3/c1-28(16-22(31)27-17-9-11-18(33-2)12-10-17)24(32)19-15-26-30(21-8-4-3-7-20(21)25)23(19)29-13-5-6-14-29/h3-15H,16H2,1-2H3,(H,27,31). The summed E-state index contributed by atoms with van der Waals surface area (Å²) in [6.07, 6.45) is 4.85. The number of hydrogen-bond acceptors (Lipinski definition) is 4. The number of aromatic nitrogens is 3. The number of ether oxygens (including phenoxy) is 1. The molecule has 8 nitrogen and oxygen atoms in total. The lowest BCUT2D eigenvalue weighted by Crippen LogP contribution is -2.35. The molecule has 0 saturated heterocycles. The lowest BCUT2D eigenvalue weighted by molar-refractivity contribution is -0.116. The molecule has 0 radical (unpaired) electrons. The number of nitrogens with zero attached hydrogens (tertiary/aromatic N) is 4. The molecule has 2 amide bonds. The van der Waals surface area contributed by atoms with Crippen LogP contribution in [-0.4, -0.2) is 51.8 Å². The number of nitrogens with one attached hydrogen (secondary N) is 1. The molecule has 4 rings (SSSR count). The second-order valence-electron chi connectivity index (χ2n) is 7.27. The van der Waals surface area contributed by atoms with Crippen LogP contribution in [0.2, 0.25) is 0 Å². The Balaban J connectivity index is 1.57. The number of carbonyl (C=O) groups is 2. The van der Waals surface area contributed by atoms with Crippen molar-refractivity contribution in [1.29, 1.82) is 0 Å². The van der Waals surface area contributed by atoms with Crippen LogP contribution in [-0.2, 0) is 4.79 Å². The molecular weight excluding hydrogens is 425 g/mol. The molecule has 33 heavy (non-hydrogen) atoms. The van der Waals surface area contributed by atoms with Gasteiger partial charge < -0.3 is 19.5 Å². The normalized spacial score (nSPS) is 10.6. The van der Waals surface area contributed by atoms with Crippen molar-refractivity contribution in [1.82, 2.24) is 19.2 Å². The van der Waals surface area contributed by atoms with E-state index in [4.69, 9.17) is 4.74 Å². The first-order valence-corrected chi connectivity index (χ1v) is 10.1. The van der Waals surface area contributed by atoms with E-state index in [1.165, 1.54) is 28.9 Å². The topological polar surface area (TPSA) is 81.4 Å². The Morgan fingerprint density at radius 1 is 1.06 bits per heavy atom. The van der Waals surface area contributed by atoms with Crippen LogP contribution in [0.4, 0.5) is 10.1 Å². The molecule has 0 saturated carbocycles. The van der Waals surface area contributed by atoms with Crippen molar-refractivity contribution in [3.8, 4) is 17.3 Å². The van der Waals surface area contributed by atoms with Crippen molar-refractivity contribution in [3.05, 3.63) is 90.6 Å². The van der Waals surface area contributed by atoms with E-state index < -0.39 is 11.7 Å². The maximum absolute atomic E-state index is 14.5. The quantitative estimate of drug-likeness (QED) is 0.470. The third kappa shape index (κ3) is 4.62. The van der Waals surface area contributed by atoms with Crippen molar-refractivity contribution in [2.75, 3.05) is 26.0 Å². The molecule has 0 spiro atoms. The van der Waals surface area contributed by atoms with E-state index in [1.807, 2.05) is 0 Å². The van der Waals surface area contributed by atoms with Crippen molar-refractivity contribution < 1.29 is 18.7 Å². The summed E-state index contributed by atoms with van der Waals surface area (Å²) in [5.41, 5.74) is 1.02. The predicted molar refractivity (Wildman–Crippen MR) is 121 cm³/mol. The first kappa shape index (κ1) is 21.8. The Bertz CT molecular complexity index is 1270. The number of likely N-dealkylation sites (N-methyl/N-ethyl adjacent to an activating group) is 1. The Kier molecular flexibility index (Phi) is 6.21. The van der Waals surface area contributed by atoms with E-state index >= 15 is 0 Å². The second-order valence-corrected chi connectivity index (χ2v) is 7.27. The number of amides is 2. The van der Waals surface area contributed by atoms with Gasteiger partial charge in [0.25, 0.3) is 5.91 Å². The number of rotatable bonds is 7. The van der Waals surface area contributed by atoms with Gasteiger partial charge in [-0.3, -0.25) is 9.59 Å². The molecule has 0 unspecified atom stereocenters. The fourth-order valence-corrected chi connectivity index (χ4v) is 3.38. The van der Waals surface area contributed by atoms with Crippen LogP contribution >= 0.6 is 0 Å². The molecule has 2 heterocycles. The van der Waals surface area contributed by atoms with Gasteiger partial charge in [-0.05, 0) is 48.5 Å². The highest BCUT2D eigenvalue weighted by Gasteiger charge is 2.24. The van der Waals surface area contributed by atoms with Crippen LogP contribution in [0.5, 0.6) is 5.75 Å². The minimum absolute atomic E-state index is 0.180. The molecule has 9 heteroatoms. The summed E-state index contributed by atoms with van der Waals surface area (Å²) in [6, 6.07) is 16.6. The fourth-order valence-electron chi connectivity index (χ4n) is 3.38. The zero-order valence-corrected chi connectivity index (χ0v) is 18.1. The van der Waals surface area contributed by atoms with Gasteiger partial charge in [0, 0.05) is 25.1 Å². The summed E-state index contributed by atoms with van der Waals surface area (Å²) < 4.78 is 22.6. The van der Waals surface area contributed by atoms with Crippen LogP contribution < -0.4 is 10.1 Å². The first-order valence-electron chi connectivity index (χ1n) is 10.1. The molecule has 1 N–H and O–H groups in total. The highest BCUT2D eigenvalue weighted by atomic mass is 19.1. The third-order valence-corrected chi connectivity index (χ3v) is 5.01. The Morgan fingerprint density at radius 2 is 1.76 bits per heavy atom. The third-order valence-electron chi connectivity index (χ3n) is 5.01. The number of anilines is 1. The molecule has 2 aromatic heterocycles. The number of benzene rings is 2. The number of methoxy groups -OCH3 is 1. The minimum Gasteiger partial charge on any atom is -0.497 e. The largest absolute Gasteiger partial charge is 0.497 e. The van der Waals surface area contributed by atoms with E-state index in [-0.39, 0.29) is 23.7 Å². The van der Waals surface area contributed by atoms with Crippen molar-refractivity contribution >= 4 is 17.5 Å². The molecule has 168 valence electrons. The van der Waals surface area contributed by atoms with E-state index in [2.05, 4.69) is 10.4 Å². The fraction of sp³-hybridized carbons (Fsp3) is 0.125. The van der Waals surface area contributed by atoms with Crippen molar-refractivity contribution in [2.24, 2.45) is 0 Å². The lowest BCUT2D eigenvalue weighted by atomic mass is 10.2. The van der Waals surface area contributed by atoms with E-state index in [0.29, 0.717) is 17.3 Å². The van der Waals surface area contributed by atoms with Gasteiger partial charge in [0.1, 0.15) is 22.8 Å². The van der Waals surface area contributed by atoms with E-state index in [1.54, 1.807) is 78.7 Å². The summed E-state index contributed by atoms with van der Waals surface area (Å²) in [7, 11) is 3.08. The smallest absolute Gasteiger partial charge is 0.259 e. The van der Waals surface area contributed by atoms with Crippen LogP contribution in [0.1, 0.15) is 10.4 Å². The van der Waals surface area contributed by atoms with Crippen molar-refractivity contribution in [3.63, 3.8) is 0 Å². The van der Waals surface area contributed by atoms with E-state index in [0.717, 1.165) is 0 Å². The molecule has 0 fully saturated rings. The highest BCUT2D eigenvalue weighted by molar-refractivity contribution is 6.01. The summed E-state index contributed by atoms with van der Waals surface area (Å²) in [5.74, 6) is -0.214. The van der Waals surface area contributed by atoms with Gasteiger partial charge in [-0.15, -0.1) is 0 Å². The van der Waals surface area contributed by atoms with Gasteiger partial charge >= 0.3 is 0 Å². The molecule has 2 aromatic carbocycles.